The number of amides is 2. The lowest BCUT2D eigenvalue weighted by atomic mass is 10.1. The van der Waals surface area contributed by atoms with Crippen LogP contribution in [0.4, 0.5) is 0 Å². The Bertz CT molecular complexity index is 817. The molecule has 246 valence electrons. The first-order chi connectivity index (χ1) is 21.0. The van der Waals surface area contributed by atoms with Crippen LogP contribution in [0.25, 0.3) is 0 Å². The van der Waals surface area contributed by atoms with Crippen LogP contribution in [-0.4, -0.2) is 44.0 Å². The number of rotatable bonds is 29. The average molecular weight is 603 g/mol. The van der Waals surface area contributed by atoms with Crippen LogP contribution in [0.2, 0.25) is 0 Å². The number of nitrogen functional groups attached to an aromatic ring is 1. The lowest BCUT2D eigenvalue weighted by molar-refractivity contribution is -0.123. The molecule has 2 amide bonds. The Kier molecular flexibility index (Phi) is 23.9. The topological polar surface area (TPSA) is 127 Å². The van der Waals surface area contributed by atoms with Gasteiger partial charge in [0.1, 0.15) is 17.3 Å². The molecule has 8 nitrogen and oxygen atoms in total. The zero-order valence-electron chi connectivity index (χ0n) is 27.4. The number of nitrogens with two attached hydrogens (primary N) is 1. The van der Waals surface area contributed by atoms with Crippen LogP contribution < -0.4 is 25.8 Å². The van der Waals surface area contributed by atoms with Gasteiger partial charge >= 0.3 is 0 Å². The van der Waals surface area contributed by atoms with Gasteiger partial charge in [0.2, 0.25) is 0 Å². The van der Waals surface area contributed by atoms with E-state index in [1.165, 1.54) is 103 Å². The highest BCUT2D eigenvalue weighted by Gasteiger charge is 2.10. The molecule has 0 unspecified atom stereocenters. The first-order valence-electron chi connectivity index (χ1n) is 17.2. The summed E-state index contributed by atoms with van der Waals surface area (Å²) in [5, 5.41) is 13.6. The van der Waals surface area contributed by atoms with Crippen LogP contribution in [0.5, 0.6) is 11.5 Å². The van der Waals surface area contributed by atoms with Crippen molar-refractivity contribution in [1.82, 2.24) is 10.6 Å². The van der Waals surface area contributed by atoms with Crippen molar-refractivity contribution in [2.45, 2.75) is 142 Å². The number of nitrogens with one attached hydrogen (secondary N) is 3. The van der Waals surface area contributed by atoms with Gasteiger partial charge in [-0.15, -0.1) is 0 Å². The number of amidine groups is 1. The van der Waals surface area contributed by atoms with Crippen LogP contribution >= 0.6 is 0 Å². The van der Waals surface area contributed by atoms with Crippen LogP contribution in [0.1, 0.15) is 148 Å². The van der Waals surface area contributed by atoms with Crippen molar-refractivity contribution in [2.75, 3.05) is 26.3 Å². The predicted octanol–water partition coefficient (Wildman–Crippen LogP) is 7.80. The highest BCUT2D eigenvalue weighted by Crippen LogP contribution is 2.23. The molecule has 1 aromatic carbocycles. The molecule has 0 bridgehead atoms. The Morgan fingerprint density at radius 2 is 0.907 bits per heavy atom. The summed E-state index contributed by atoms with van der Waals surface area (Å²) in [7, 11) is 0. The molecule has 0 radical (unpaired) electrons. The molecular formula is C35H62N4O4. The van der Waals surface area contributed by atoms with Gasteiger partial charge in [0.25, 0.3) is 11.8 Å². The Hall–Kier alpha value is -2.77. The van der Waals surface area contributed by atoms with Gasteiger partial charge in [-0.1, -0.05) is 129 Å². The highest BCUT2D eigenvalue weighted by molar-refractivity contribution is 5.95. The van der Waals surface area contributed by atoms with Gasteiger partial charge in [0.15, 0.2) is 13.2 Å². The summed E-state index contributed by atoms with van der Waals surface area (Å²) in [4.78, 5) is 24.5. The maximum Gasteiger partial charge on any atom is 0.257 e. The fourth-order valence-electron chi connectivity index (χ4n) is 4.97. The minimum Gasteiger partial charge on any atom is -0.484 e. The summed E-state index contributed by atoms with van der Waals surface area (Å²) in [6.07, 6.45) is 25.0. The van der Waals surface area contributed by atoms with Crippen LogP contribution in [0, 0.1) is 5.41 Å². The average Bonchev–Trinajstić information content (AvgIpc) is 3.00. The Labute approximate surface area is 262 Å². The van der Waals surface area contributed by atoms with Crippen molar-refractivity contribution in [1.29, 1.82) is 5.41 Å². The zero-order chi connectivity index (χ0) is 31.4. The quantitative estimate of drug-likeness (QED) is 0.0423. The fraction of sp³-hybridized carbons (Fsp3) is 0.743. The number of carbonyl (C=O) groups excluding carboxylic acids is 2. The Morgan fingerprint density at radius 1 is 0.581 bits per heavy atom. The van der Waals surface area contributed by atoms with E-state index in [9.17, 15) is 9.59 Å². The third-order valence-electron chi connectivity index (χ3n) is 7.64. The van der Waals surface area contributed by atoms with Gasteiger partial charge in [-0.05, 0) is 25.0 Å². The maximum absolute atomic E-state index is 12.3. The standard InChI is InChI=1S/C35H62N4O4/c1-3-5-7-9-11-13-15-17-19-21-23-38-33(40)28-42-31-25-30(35(36)37)26-32(27-31)43-29-34(41)39-24-22-20-18-16-14-12-10-8-6-4-2/h25-27H,3-24,28-29H2,1-2H3,(H3,36,37)(H,38,40)(H,39,41). The van der Waals surface area contributed by atoms with E-state index in [2.05, 4.69) is 24.5 Å². The molecule has 8 heteroatoms. The van der Waals surface area contributed by atoms with Crippen LogP contribution in [-0.2, 0) is 9.59 Å². The molecule has 0 aromatic heterocycles. The second-order valence-corrected chi connectivity index (χ2v) is 11.7. The van der Waals surface area contributed by atoms with Gasteiger partial charge < -0.3 is 25.8 Å². The third-order valence-corrected chi connectivity index (χ3v) is 7.64. The first kappa shape index (κ1) is 38.3. The number of hydrogen-bond acceptors (Lipinski definition) is 5. The van der Waals surface area contributed by atoms with Crippen molar-refractivity contribution >= 4 is 17.6 Å². The molecule has 0 heterocycles. The monoisotopic (exact) mass is 602 g/mol. The molecule has 0 saturated heterocycles. The zero-order valence-corrected chi connectivity index (χ0v) is 27.4. The molecule has 0 aliphatic rings. The number of ether oxygens (including phenoxy) is 2. The van der Waals surface area contributed by atoms with Crippen molar-refractivity contribution in [2.24, 2.45) is 5.73 Å². The number of benzene rings is 1. The maximum atomic E-state index is 12.3. The minimum absolute atomic E-state index is 0.141. The van der Waals surface area contributed by atoms with E-state index in [1.807, 2.05) is 0 Å². The van der Waals surface area contributed by atoms with E-state index in [1.54, 1.807) is 18.2 Å². The van der Waals surface area contributed by atoms with E-state index in [0.717, 1.165) is 25.7 Å². The molecule has 0 fully saturated rings. The van der Waals surface area contributed by atoms with Gasteiger partial charge in [-0.25, -0.2) is 0 Å². The molecule has 43 heavy (non-hydrogen) atoms. The first-order valence-corrected chi connectivity index (χ1v) is 17.2. The second kappa shape index (κ2) is 26.8. The van der Waals surface area contributed by atoms with Gasteiger partial charge in [0.05, 0.1) is 0 Å². The molecule has 0 atom stereocenters. The van der Waals surface area contributed by atoms with Crippen molar-refractivity contribution < 1.29 is 19.1 Å². The van der Waals surface area contributed by atoms with Crippen molar-refractivity contribution in [3.63, 3.8) is 0 Å². The lowest BCUT2D eigenvalue weighted by Gasteiger charge is -2.12. The predicted molar refractivity (Wildman–Crippen MR) is 178 cm³/mol. The van der Waals surface area contributed by atoms with Crippen LogP contribution in [0.15, 0.2) is 18.2 Å². The van der Waals surface area contributed by atoms with Gasteiger partial charge in [-0.2, -0.15) is 0 Å². The molecule has 0 aliphatic heterocycles. The van der Waals surface area contributed by atoms with E-state index < -0.39 is 0 Å². The van der Waals surface area contributed by atoms with Crippen molar-refractivity contribution in [3.8, 4) is 11.5 Å². The molecule has 1 aromatic rings. The molecule has 0 spiro atoms. The number of hydrogen-bond donors (Lipinski definition) is 4. The van der Waals surface area contributed by atoms with Crippen LogP contribution in [0.3, 0.4) is 0 Å². The van der Waals surface area contributed by atoms with E-state index in [0.29, 0.717) is 30.2 Å². The Balaban J connectivity index is 2.23. The second-order valence-electron chi connectivity index (χ2n) is 11.7. The molecule has 0 saturated carbocycles. The van der Waals surface area contributed by atoms with E-state index in [-0.39, 0.29) is 30.9 Å². The molecule has 1 rings (SSSR count). The summed E-state index contributed by atoms with van der Waals surface area (Å²) < 4.78 is 11.3. The smallest absolute Gasteiger partial charge is 0.257 e. The number of unbranched alkanes of at least 4 members (excludes halogenated alkanes) is 18. The van der Waals surface area contributed by atoms with Crippen molar-refractivity contribution in [3.05, 3.63) is 23.8 Å². The number of carbonyl (C=O) groups is 2. The van der Waals surface area contributed by atoms with Gasteiger partial charge in [-0.3, -0.25) is 15.0 Å². The van der Waals surface area contributed by atoms with E-state index in [4.69, 9.17) is 20.6 Å². The lowest BCUT2D eigenvalue weighted by Crippen LogP contribution is -2.30. The summed E-state index contributed by atoms with van der Waals surface area (Å²) in [6.45, 7) is 5.47. The summed E-state index contributed by atoms with van der Waals surface area (Å²) in [5.41, 5.74) is 6.09. The molecule has 5 N–H and O–H groups in total. The van der Waals surface area contributed by atoms with Gasteiger partial charge in [0, 0.05) is 24.7 Å². The summed E-state index contributed by atoms with van der Waals surface area (Å²) in [6, 6.07) is 4.80. The normalized spacial score (nSPS) is 10.8. The SMILES string of the molecule is CCCCCCCCCCCCNC(=O)COc1cc(OCC(=O)NCCCCCCCCCCCC)cc(C(=N)N)c1. The highest BCUT2D eigenvalue weighted by atomic mass is 16.5. The fourth-order valence-corrected chi connectivity index (χ4v) is 4.97. The Morgan fingerprint density at radius 3 is 1.23 bits per heavy atom. The van der Waals surface area contributed by atoms with E-state index >= 15 is 0 Å². The largest absolute Gasteiger partial charge is 0.484 e. The minimum atomic E-state index is -0.196. The summed E-state index contributed by atoms with van der Waals surface area (Å²) >= 11 is 0. The third kappa shape index (κ3) is 22.4. The summed E-state index contributed by atoms with van der Waals surface area (Å²) in [5.74, 6) is 0.187. The molecular weight excluding hydrogens is 540 g/mol. The molecule has 0 aliphatic carbocycles.